The fraction of sp³-hybridized carbons (Fsp3) is 0.133. The molecule has 0 unspecified atom stereocenters. The molecular formula is C15H13BrFNOS. The van der Waals surface area contributed by atoms with Crippen LogP contribution in [-0.2, 0) is 6.54 Å². The lowest BCUT2D eigenvalue weighted by Gasteiger charge is -2.18. The Balaban J connectivity index is 2.16. The third-order valence-corrected chi connectivity index (χ3v) is 3.71. The number of nitrogens with zero attached hydrogens (tertiary/aromatic N) is 1. The molecule has 2 rings (SSSR count). The van der Waals surface area contributed by atoms with Gasteiger partial charge in [0.1, 0.15) is 5.82 Å². The molecule has 0 heterocycles. The van der Waals surface area contributed by atoms with Crippen LogP contribution in [0.25, 0.3) is 0 Å². The normalized spacial score (nSPS) is 10.4. The molecule has 2 aromatic carbocycles. The number of halogens is 2. The Morgan fingerprint density at radius 1 is 1.30 bits per heavy atom. The summed E-state index contributed by atoms with van der Waals surface area (Å²) in [7, 11) is 1.68. The topological polar surface area (TPSA) is 20.3 Å². The predicted octanol–water partition coefficient (Wildman–Crippen LogP) is 4.15. The van der Waals surface area contributed by atoms with Gasteiger partial charge in [0.25, 0.3) is 5.91 Å². The van der Waals surface area contributed by atoms with Crippen LogP contribution in [0.4, 0.5) is 4.39 Å². The second kappa shape index (κ2) is 6.41. The zero-order valence-corrected chi connectivity index (χ0v) is 13.3. The molecule has 0 radical (unpaired) electrons. The van der Waals surface area contributed by atoms with Crippen molar-refractivity contribution in [1.82, 2.24) is 4.90 Å². The Morgan fingerprint density at radius 2 is 2.05 bits per heavy atom. The highest BCUT2D eigenvalue weighted by Crippen LogP contribution is 2.21. The third kappa shape index (κ3) is 3.61. The van der Waals surface area contributed by atoms with E-state index in [1.54, 1.807) is 37.4 Å². The Labute approximate surface area is 131 Å². The van der Waals surface area contributed by atoms with Gasteiger partial charge in [-0.05, 0) is 35.9 Å². The van der Waals surface area contributed by atoms with Gasteiger partial charge in [-0.2, -0.15) is 0 Å². The molecule has 0 saturated heterocycles. The van der Waals surface area contributed by atoms with Gasteiger partial charge in [-0.15, -0.1) is 12.6 Å². The Kier molecular flexibility index (Phi) is 4.83. The fourth-order valence-corrected chi connectivity index (χ4v) is 2.72. The van der Waals surface area contributed by atoms with Crippen LogP contribution < -0.4 is 0 Å². The largest absolute Gasteiger partial charge is 0.337 e. The minimum atomic E-state index is -0.304. The van der Waals surface area contributed by atoms with Gasteiger partial charge < -0.3 is 4.90 Å². The lowest BCUT2D eigenvalue weighted by atomic mass is 10.1. The van der Waals surface area contributed by atoms with Gasteiger partial charge >= 0.3 is 0 Å². The van der Waals surface area contributed by atoms with E-state index in [2.05, 4.69) is 28.6 Å². The molecule has 0 fully saturated rings. The number of rotatable bonds is 3. The highest BCUT2D eigenvalue weighted by atomic mass is 79.9. The SMILES string of the molecule is CN(Cc1cccc(F)c1)C(=O)c1ccc(Br)cc1S. The number of amides is 1. The van der Waals surface area contributed by atoms with Crippen molar-refractivity contribution in [3.05, 3.63) is 63.9 Å². The van der Waals surface area contributed by atoms with Crippen LogP contribution in [0.1, 0.15) is 15.9 Å². The van der Waals surface area contributed by atoms with Crippen LogP contribution in [-0.4, -0.2) is 17.9 Å². The average molecular weight is 354 g/mol. The molecule has 20 heavy (non-hydrogen) atoms. The van der Waals surface area contributed by atoms with Crippen molar-refractivity contribution < 1.29 is 9.18 Å². The summed E-state index contributed by atoms with van der Waals surface area (Å²) < 4.78 is 14.0. The van der Waals surface area contributed by atoms with Crippen LogP contribution >= 0.6 is 28.6 Å². The number of carbonyl (C=O) groups excluding carboxylic acids is 1. The molecule has 0 aliphatic carbocycles. The van der Waals surface area contributed by atoms with E-state index in [0.29, 0.717) is 17.0 Å². The smallest absolute Gasteiger partial charge is 0.255 e. The van der Waals surface area contributed by atoms with Crippen LogP contribution in [0.15, 0.2) is 51.8 Å². The predicted molar refractivity (Wildman–Crippen MR) is 83.6 cm³/mol. The van der Waals surface area contributed by atoms with Gasteiger partial charge in [0.2, 0.25) is 0 Å². The first-order valence-corrected chi connectivity index (χ1v) is 7.20. The van der Waals surface area contributed by atoms with E-state index in [-0.39, 0.29) is 11.7 Å². The maximum Gasteiger partial charge on any atom is 0.255 e. The summed E-state index contributed by atoms with van der Waals surface area (Å²) in [5, 5.41) is 0. The van der Waals surface area contributed by atoms with Gasteiger partial charge in [0.05, 0.1) is 5.56 Å². The summed E-state index contributed by atoms with van der Waals surface area (Å²) in [6.07, 6.45) is 0. The Morgan fingerprint density at radius 3 is 2.70 bits per heavy atom. The number of carbonyl (C=O) groups is 1. The molecule has 0 atom stereocenters. The van der Waals surface area contributed by atoms with Crippen molar-refractivity contribution in [2.24, 2.45) is 0 Å². The lowest BCUT2D eigenvalue weighted by Crippen LogP contribution is -2.26. The zero-order valence-electron chi connectivity index (χ0n) is 10.8. The van der Waals surface area contributed by atoms with Gasteiger partial charge in [0.15, 0.2) is 0 Å². The molecule has 0 aliphatic heterocycles. The van der Waals surface area contributed by atoms with E-state index >= 15 is 0 Å². The van der Waals surface area contributed by atoms with E-state index in [4.69, 9.17) is 0 Å². The number of thiol groups is 1. The quantitative estimate of drug-likeness (QED) is 0.821. The van der Waals surface area contributed by atoms with E-state index < -0.39 is 0 Å². The number of hydrogen-bond donors (Lipinski definition) is 1. The standard InChI is InChI=1S/C15H13BrFNOS/c1-18(9-10-3-2-4-12(17)7-10)15(19)13-6-5-11(16)8-14(13)20/h2-8,20H,9H2,1H3. The second-order valence-electron chi connectivity index (χ2n) is 4.45. The maximum atomic E-state index is 13.1. The average Bonchev–Trinajstić information content (AvgIpc) is 2.38. The van der Waals surface area contributed by atoms with Crippen LogP contribution in [0.2, 0.25) is 0 Å². The highest BCUT2D eigenvalue weighted by Gasteiger charge is 2.15. The maximum absolute atomic E-state index is 13.1. The molecule has 2 nitrogen and oxygen atoms in total. The molecule has 0 aliphatic rings. The number of benzene rings is 2. The van der Waals surface area contributed by atoms with Gasteiger partial charge in [-0.3, -0.25) is 4.79 Å². The highest BCUT2D eigenvalue weighted by molar-refractivity contribution is 9.10. The first kappa shape index (κ1) is 15.1. The van der Waals surface area contributed by atoms with E-state index in [9.17, 15) is 9.18 Å². The van der Waals surface area contributed by atoms with Crippen molar-refractivity contribution in [3.8, 4) is 0 Å². The first-order valence-electron chi connectivity index (χ1n) is 5.96. The van der Waals surface area contributed by atoms with Crippen molar-refractivity contribution in [1.29, 1.82) is 0 Å². The molecule has 0 saturated carbocycles. The molecule has 0 aromatic heterocycles. The van der Waals surface area contributed by atoms with Crippen molar-refractivity contribution >= 4 is 34.5 Å². The molecule has 104 valence electrons. The van der Waals surface area contributed by atoms with Crippen molar-refractivity contribution in [2.45, 2.75) is 11.4 Å². The molecule has 0 spiro atoms. The minimum absolute atomic E-state index is 0.147. The van der Waals surface area contributed by atoms with Gasteiger partial charge in [0, 0.05) is 23.0 Å². The van der Waals surface area contributed by atoms with Gasteiger partial charge in [-0.1, -0.05) is 28.1 Å². The first-order chi connectivity index (χ1) is 9.47. The van der Waals surface area contributed by atoms with Crippen LogP contribution in [0, 0.1) is 5.82 Å². The Hall–Kier alpha value is -1.33. The molecule has 5 heteroatoms. The second-order valence-corrected chi connectivity index (χ2v) is 5.85. The Bertz CT molecular complexity index is 648. The summed E-state index contributed by atoms with van der Waals surface area (Å²) in [5.41, 5.74) is 1.27. The van der Waals surface area contributed by atoms with E-state index in [1.807, 2.05) is 0 Å². The van der Waals surface area contributed by atoms with Gasteiger partial charge in [-0.25, -0.2) is 4.39 Å². The summed E-state index contributed by atoms with van der Waals surface area (Å²) in [5.74, 6) is -0.450. The van der Waals surface area contributed by atoms with Crippen molar-refractivity contribution in [3.63, 3.8) is 0 Å². The van der Waals surface area contributed by atoms with Crippen LogP contribution in [0.5, 0.6) is 0 Å². The summed E-state index contributed by atoms with van der Waals surface area (Å²) in [4.78, 5) is 14.5. The molecule has 0 bridgehead atoms. The molecule has 0 N–H and O–H groups in total. The zero-order chi connectivity index (χ0) is 14.7. The van der Waals surface area contributed by atoms with Crippen molar-refractivity contribution in [2.75, 3.05) is 7.05 Å². The summed E-state index contributed by atoms with van der Waals surface area (Å²) >= 11 is 7.64. The molecule has 1 amide bonds. The third-order valence-electron chi connectivity index (χ3n) is 2.85. The summed E-state index contributed by atoms with van der Waals surface area (Å²) in [6, 6.07) is 11.5. The van der Waals surface area contributed by atoms with E-state index in [0.717, 1.165) is 10.0 Å². The van der Waals surface area contributed by atoms with Crippen LogP contribution in [0.3, 0.4) is 0 Å². The minimum Gasteiger partial charge on any atom is -0.337 e. The molecule has 2 aromatic rings. The number of hydrogen-bond acceptors (Lipinski definition) is 2. The summed E-state index contributed by atoms with van der Waals surface area (Å²) in [6.45, 7) is 0.347. The monoisotopic (exact) mass is 353 g/mol. The molecular weight excluding hydrogens is 341 g/mol. The lowest BCUT2D eigenvalue weighted by molar-refractivity contribution is 0.0781. The van der Waals surface area contributed by atoms with E-state index in [1.165, 1.54) is 17.0 Å². The fourth-order valence-electron chi connectivity index (χ4n) is 1.87.